The number of hydrogen-bond donors (Lipinski definition) is 1. The van der Waals surface area contributed by atoms with Gasteiger partial charge in [-0.15, -0.1) is 0 Å². The van der Waals surface area contributed by atoms with Crippen LogP contribution in [0.3, 0.4) is 0 Å². The van der Waals surface area contributed by atoms with Gasteiger partial charge in [0.2, 0.25) is 5.88 Å². The topological polar surface area (TPSA) is 60.2 Å². The molecule has 0 fully saturated rings. The van der Waals surface area contributed by atoms with Crippen molar-refractivity contribution in [2.24, 2.45) is 0 Å². The van der Waals surface area contributed by atoms with Crippen LogP contribution in [0.2, 0.25) is 0 Å². The number of furan rings is 1. The molecule has 0 spiro atoms. The summed E-state index contributed by atoms with van der Waals surface area (Å²) >= 11 is 0. The Balaban J connectivity index is 2.13. The summed E-state index contributed by atoms with van der Waals surface area (Å²) in [7, 11) is 1.60. The van der Waals surface area contributed by atoms with E-state index < -0.39 is 0 Å². The lowest BCUT2D eigenvalue weighted by Gasteiger charge is -2.10. The molecule has 2 rings (SSSR count). The lowest BCUT2D eigenvalue weighted by atomic mass is 10.2. The van der Waals surface area contributed by atoms with Crippen molar-refractivity contribution in [3.05, 3.63) is 36.0 Å². The molecule has 0 aromatic carbocycles. The van der Waals surface area contributed by atoms with Crippen molar-refractivity contribution in [1.29, 1.82) is 0 Å². The van der Waals surface area contributed by atoms with Crippen LogP contribution in [0, 0.1) is 0 Å². The Morgan fingerprint density at radius 3 is 2.83 bits per heavy atom. The Bertz CT molecular complexity index is 495. The maximum Gasteiger partial charge on any atom is 0.218 e. The summed E-state index contributed by atoms with van der Waals surface area (Å²) in [5.74, 6) is 3.18. The van der Waals surface area contributed by atoms with Crippen LogP contribution in [0.25, 0.3) is 0 Å². The molecule has 2 heterocycles. The third kappa shape index (κ3) is 3.00. The van der Waals surface area contributed by atoms with Gasteiger partial charge < -0.3 is 14.5 Å². The monoisotopic (exact) mass is 247 g/mol. The zero-order chi connectivity index (χ0) is 13.0. The fraction of sp³-hybridized carbons (Fsp3) is 0.385. The highest BCUT2D eigenvalue weighted by atomic mass is 16.5. The van der Waals surface area contributed by atoms with Crippen LogP contribution < -0.4 is 10.1 Å². The average Bonchev–Trinajstić information content (AvgIpc) is 2.89. The van der Waals surface area contributed by atoms with Gasteiger partial charge in [0.25, 0.3) is 0 Å². The molecule has 2 aromatic heterocycles. The first kappa shape index (κ1) is 12.4. The Labute approximate surface area is 106 Å². The number of methoxy groups -OCH3 is 1. The van der Waals surface area contributed by atoms with E-state index in [1.54, 1.807) is 19.4 Å². The summed E-state index contributed by atoms with van der Waals surface area (Å²) < 4.78 is 10.4. The predicted molar refractivity (Wildman–Crippen MR) is 68.7 cm³/mol. The van der Waals surface area contributed by atoms with Gasteiger partial charge in [-0.1, -0.05) is 13.8 Å². The molecule has 0 saturated carbocycles. The summed E-state index contributed by atoms with van der Waals surface area (Å²) in [6, 6.07) is 5.54. The van der Waals surface area contributed by atoms with Gasteiger partial charge in [-0.05, 0) is 12.1 Å². The van der Waals surface area contributed by atoms with Crippen LogP contribution in [-0.2, 0) is 6.54 Å². The van der Waals surface area contributed by atoms with E-state index in [1.165, 1.54) is 0 Å². The van der Waals surface area contributed by atoms with E-state index in [2.05, 4.69) is 15.3 Å². The van der Waals surface area contributed by atoms with Gasteiger partial charge in [0.1, 0.15) is 17.4 Å². The van der Waals surface area contributed by atoms with Crippen LogP contribution in [0.4, 0.5) is 5.82 Å². The summed E-state index contributed by atoms with van der Waals surface area (Å²) in [6.07, 6.45) is 1.65. The highest BCUT2D eigenvalue weighted by Gasteiger charge is 2.08. The van der Waals surface area contributed by atoms with Crippen LogP contribution in [0.15, 0.2) is 28.9 Å². The minimum Gasteiger partial charge on any atom is -0.481 e. The van der Waals surface area contributed by atoms with E-state index in [0.29, 0.717) is 12.4 Å². The second-order valence-electron chi connectivity index (χ2n) is 4.24. The molecule has 0 saturated heterocycles. The molecule has 0 bridgehead atoms. The molecule has 0 atom stereocenters. The second kappa shape index (κ2) is 5.53. The molecule has 0 amide bonds. The normalized spacial score (nSPS) is 10.7. The molecule has 1 N–H and O–H groups in total. The third-order valence-electron chi connectivity index (χ3n) is 2.47. The first-order valence-electron chi connectivity index (χ1n) is 5.88. The summed E-state index contributed by atoms with van der Waals surface area (Å²) in [5.41, 5.74) is 0. The molecule has 0 aliphatic rings. The zero-order valence-corrected chi connectivity index (χ0v) is 10.8. The zero-order valence-electron chi connectivity index (χ0n) is 10.8. The molecule has 0 aliphatic carbocycles. The third-order valence-corrected chi connectivity index (χ3v) is 2.47. The number of hydrogen-bond acceptors (Lipinski definition) is 5. The van der Waals surface area contributed by atoms with Crippen LogP contribution >= 0.6 is 0 Å². The maximum absolute atomic E-state index is 5.25. The number of nitrogens with zero attached hydrogens (tertiary/aromatic N) is 2. The maximum atomic E-state index is 5.25. The van der Waals surface area contributed by atoms with Gasteiger partial charge in [-0.2, -0.15) is 4.98 Å². The van der Waals surface area contributed by atoms with Gasteiger partial charge in [-0.3, -0.25) is 0 Å². The van der Waals surface area contributed by atoms with Crippen molar-refractivity contribution < 1.29 is 9.15 Å². The molecule has 5 nitrogen and oxygen atoms in total. The molecule has 5 heteroatoms. The molecule has 18 heavy (non-hydrogen) atoms. The van der Waals surface area contributed by atoms with Crippen LogP contribution in [0.1, 0.15) is 31.4 Å². The quantitative estimate of drug-likeness (QED) is 0.880. The van der Waals surface area contributed by atoms with Crippen molar-refractivity contribution in [2.45, 2.75) is 26.3 Å². The van der Waals surface area contributed by atoms with Gasteiger partial charge in [0.05, 0.1) is 19.9 Å². The van der Waals surface area contributed by atoms with Crippen molar-refractivity contribution in [2.75, 3.05) is 12.4 Å². The highest BCUT2D eigenvalue weighted by molar-refractivity contribution is 5.39. The van der Waals surface area contributed by atoms with E-state index in [9.17, 15) is 0 Å². The van der Waals surface area contributed by atoms with Crippen molar-refractivity contribution in [3.8, 4) is 5.88 Å². The predicted octanol–water partition coefficient (Wildman–Crippen LogP) is 2.81. The Kier molecular flexibility index (Phi) is 3.82. The van der Waals surface area contributed by atoms with Gasteiger partial charge in [0.15, 0.2) is 0 Å². The molecule has 0 aliphatic heterocycles. The second-order valence-corrected chi connectivity index (χ2v) is 4.24. The van der Waals surface area contributed by atoms with Crippen molar-refractivity contribution in [1.82, 2.24) is 9.97 Å². The Morgan fingerprint density at radius 2 is 2.22 bits per heavy atom. The molecule has 2 aromatic rings. The first-order chi connectivity index (χ1) is 8.69. The Hall–Kier alpha value is -2.04. The van der Waals surface area contributed by atoms with E-state index in [1.807, 2.05) is 26.0 Å². The van der Waals surface area contributed by atoms with E-state index in [-0.39, 0.29) is 5.92 Å². The van der Waals surface area contributed by atoms with Gasteiger partial charge >= 0.3 is 0 Å². The SMILES string of the molecule is COc1cc(NCc2ccco2)nc(C(C)C)n1. The fourth-order valence-electron chi connectivity index (χ4n) is 1.49. The highest BCUT2D eigenvalue weighted by Crippen LogP contribution is 2.18. The molecule has 96 valence electrons. The average molecular weight is 247 g/mol. The summed E-state index contributed by atoms with van der Waals surface area (Å²) in [6.45, 7) is 4.68. The fourth-order valence-corrected chi connectivity index (χ4v) is 1.49. The van der Waals surface area contributed by atoms with Gasteiger partial charge in [-0.25, -0.2) is 4.98 Å². The minimum absolute atomic E-state index is 0.254. The van der Waals surface area contributed by atoms with E-state index >= 15 is 0 Å². The summed E-state index contributed by atoms with van der Waals surface area (Å²) in [4.78, 5) is 8.74. The Morgan fingerprint density at radius 1 is 1.39 bits per heavy atom. The first-order valence-corrected chi connectivity index (χ1v) is 5.88. The lowest BCUT2D eigenvalue weighted by Crippen LogP contribution is -2.06. The standard InChI is InChI=1S/C13H17N3O2/c1-9(2)13-15-11(7-12(16-13)17-3)14-8-10-5-4-6-18-10/h4-7,9H,8H2,1-3H3,(H,14,15,16). The van der Waals surface area contributed by atoms with Crippen molar-refractivity contribution >= 4 is 5.82 Å². The number of anilines is 1. The van der Waals surface area contributed by atoms with Crippen LogP contribution in [0.5, 0.6) is 5.88 Å². The lowest BCUT2D eigenvalue weighted by molar-refractivity contribution is 0.394. The molecule has 0 unspecified atom stereocenters. The largest absolute Gasteiger partial charge is 0.481 e. The van der Waals surface area contributed by atoms with Gasteiger partial charge in [0, 0.05) is 12.0 Å². The van der Waals surface area contributed by atoms with Crippen LogP contribution in [-0.4, -0.2) is 17.1 Å². The number of rotatable bonds is 5. The molecule has 0 radical (unpaired) electrons. The number of ether oxygens (including phenoxy) is 1. The molecular weight excluding hydrogens is 230 g/mol. The van der Waals surface area contributed by atoms with Crippen molar-refractivity contribution in [3.63, 3.8) is 0 Å². The number of nitrogens with one attached hydrogen (secondary N) is 1. The van der Waals surface area contributed by atoms with E-state index in [0.717, 1.165) is 17.4 Å². The van der Waals surface area contributed by atoms with E-state index in [4.69, 9.17) is 9.15 Å². The smallest absolute Gasteiger partial charge is 0.218 e. The summed E-state index contributed by atoms with van der Waals surface area (Å²) in [5, 5.41) is 3.19. The minimum atomic E-state index is 0.254. The number of aromatic nitrogens is 2. The molecular formula is C13H17N3O2.